The highest BCUT2D eigenvalue weighted by Gasteiger charge is 2.67. The molecule has 0 spiro atoms. The van der Waals surface area contributed by atoms with Crippen LogP contribution in [-0.4, -0.2) is 31.9 Å². The Hall–Kier alpha value is -1.29. The third-order valence-corrected chi connectivity index (χ3v) is 3.09. The van der Waals surface area contributed by atoms with Crippen LogP contribution in [0.25, 0.3) is 0 Å². The van der Waals surface area contributed by atoms with Gasteiger partial charge in [0.15, 0.2) is 6.10 Å². The zero-order valence-electron chi connectivity index (χ0n) is 9.07. The highest BCUT2D eigenvalue weighted by Crippen LogP contribution is 2.58. The summed E-state index contributed by atoms with van der Waals surface area (Å²) in [6, 6.07) is 0. The van der Waals surface area contributed by atoms with Gasteiger partial charge >= 0.3 is 5.97 Å². The molecule has 0 aliphatic heterocycles. The van der Waals surface area contributed by atoms with Crippen molar-refractivity contribution in [3.63, 3.8) is 0 Å². The average Bonchev–Trinajstić information content (AvgIpc) is 2.16. The molecule has 4 nitrogen and oxygen atoms in total. The number of fused-ring (bicyclic) bond motifs is 1. The number of hydrogen-bond acceptors (Lipinski definition) is 4. The van der Waals surface area contributed by atoms with E-state index in [9.17, 15) is 4.79 Å². The zero-order chi connectivity index (χ0) is 11.2. The first-order valence-corrected chi connectivity index (χ1v) is 4.74. The summed E-state index contributed by atoms with van der Waals surface area (Å²) in [6.07, 6.45) is 1.48. The van der Waals surface area contributed by atoms with Crippen molar-refractivity contribution in [3.05, 3.63) is 24.0 Å². The van der Waals surface area contributed by atoms with E-state index < -0.39 is 5.60 Å². The lowest BCUT2D eigenvalue weighted by Gasteiger charge is -2.59. The first-order chi connectivity index (χ1) is 7.06. The number of hydrogen-bond donors (Lipinski definition) is 0. The SMILES string of the molecule is C=C1[C@@H]2C(OC)=C[C@]2(OC)[C@H]1OC(C)=O. The monoisotopic (exact) mass is 210 g/mol. The van der Waals surface area contributed by atoms with Crippen LogP contribution in [0, 0.1) is 5.92 Å². The van der Waals surface area contributed by atoms with E-state index in [-0.39, 0.29) is 18.0 Å². The minimum absolute atomic E-state index is 0.0387. The molecule has 0 amide bonds. The van der Waals surface area contributed by atoms with E-state index in [0.29, 0.717) is 0 Å². The molecule has 2 aliphatic rings. The molecule has 0 aromatic heterocycles. The number of rotatable bonds is 3. The average molecular weight is 210 g/mol. The Kier molecular flexibility index (Phi) is 2.12. The van der Waals surface area contributed by atoms with Gasteiger partial charge in [0.25, 0.3) is 0 Å². The summed E-state index contributed by atoms with van der Waals surface area (Å²) >= 11 is 0. The normalized spacial score (nSPS) is 37.0. The molecule has 0 heterocycles. The van der Waals surface area contributed by atoms with Crippen LogP contribution in [0.5, 0.6) is 0 Å². The van der Waals surface area contributed by atoms with Gasteiger partial charge in [-0.15, -0.1) is 0 Å². The minimum Gasteiger partial charge on any atom is -0.501 e. The van der Waals surface area contributed by atoms with E-state index in [0.717, 1.165) is 11.3 Å². The van der Waals surface area contributed by atoms with Crippen LogP contribution in [-0.2, 0) is 19.0 Å². The van der Waals surface area contributed by atoms with Crippen LogP contribution in [0.4, 0.5) is 0 Å². The fourth-order valence-electron chi connectivity index (χ4n) is 2.35. The number of carbonyl (C=O) groups excluding carboxylic acids is 1. The molecule has 0 aromatic carbocycles. The van der Waals surface area contributed by atoms with Crippen molar-refractivity contribution >= 4 is 5.97 Å². The fourth-order valence-corrected chi connectivity index (χ4v) is 2.35. The van der Waals surface area contributed by atoms with Crippen LogP contribution in [0.15, 0.2) is 24.0 Å². The summed E-state index contributed by atoms with van der Waals surface area (Å²) in [6.45, 7) is 5.27. The molecule has 1 saturated carbocycles. The summed E-state index contributed by atoms with van der Waals surface area (Å²) < 4.78 is 15.7. The lowest BCUT2D eigenvalue weighted by atomic mass is 9.55. The number of carbonyl (C=O) groups is 1. The van der Waals surface area contributed by atoms with Gasteiger partial charge in [0.2, 0.25) is 0 Å². The van der Waals surface area contributed by atoms with E-state index in [1.54, 1.807) is 14.2 Å². The molecule has 0 N–H and O–H groups in total. The molecule has 2 rings (SSSR count). The molecule has 82 valence electrons. The maximum absolute atomic E-state index is 10.9. The van der Waals surface area contributed by atoms with Gasteiger partial charge in [-0.05, 0) is 11.6 Å². The molecule has 0 bridgehead atoms. The van der Waals surface area contributed by atoms with Crippen LogP contribution in [0.1, 0.15) is 6.92 Å². The highest BCUT2D eigenvalue weighted by molar-refractivity contribution is 5.68. The van der Waals surface area contributed by atoms with Gasteiger partial charge < -0.3 is 14.2 Å². The van der Waals surface area contributed by atoms with Crippen molar-refractivity contribution in [2.75, 3.05) is 14.2 Å². The highest BCUT2D eigenvalue weighted by atomic mass is 16.6. The smallest absolute Gasteiger partial charge is 0.303 e. The van der Waals surface area contributed by atoms with Crippen molar-refractivity contribution in [2.24, 2.45) is 5.92 Å². The Bertz CT molecular complexity index is 358. The first kappa shape index (κ1) is 10.2. The lowest BCUT2D eigenvalue weighted by molar-refractivity contribution is -0.189. The van der Waals surface area contributed by atoms with Gasteiger partial charge in [0, 0.05) is 14.0 Å². The molecule has 0 unspecified atom stereocenters. The van der Waals surface area contributed by atoms with Crippen LogP contribution < -0.4 is 0 Å². The van der Waals surface area contributed by atoms with Gasteiger partial charge in [-0.2, -0.15) is 0 Å². The molecule has 2 aliphatic carbocycles. The number of methoxy groups -OCH3 is 2. The fraction of sp³-hybridized carbons (Fsp3) is 0.545. The minimum atomic E-state index is -0.534. The molecular formula is C11H14O4. The van der Waals surface area contributed by atoms with Crippen LogP contribution >= 0.6 is 0 Å². The third kappa shape index (κ3) is 1.08. The van der Waals surface area contributed by atoms with Gasteiger partial charge in [0.1, 0.15) is 11.4 Å². The summed E-state index contributed by atoms with van der Waals surface area (Å²) in [5, 5.41) is 0. The Balaban J connectivity index is 2.21. The van der Waals surface area contributed by atoms with Crippen LogP contribution in [0.3, 0.4) is 0 Å². The second-order valence-electron chi connectivity index (χ2n) is 3.81. The summed E-state index contributed by atoms with van der Waals surface area (Å²) in [4.78, 5) is 10.9. The van der Waals surface area contributed by atoms with E-state index in [1.165, 1.54) is 6.92 Å². The molecule has 0 saturated heterocycles. The maximum atomic E-state index is 10.9. The molecular weight excluding hydrogens is 196 g/mol. The standard InChI is InChI=1S/C11H14O4/c1-6-9-8(13-3)5-11(9,14-4)10(6)15-7(2)12/h5,9-10H,1H2,2-4H3/t9-,10+,11-/m1/s1. The van der Waals surface area contributed by atoms with E-state index in [2.05, 4.69) is 6.58 Å². The predicted molar refractivity (Wildman–Crippen MR) is 53.0 cm³/mol. The Morgan fingerprint density at radius 2 is 2.20 bits per heavy atom. The van der Waals surface area contributed by atoms with Gasteiger partial charge in [-0.1, -0.05) is 6.58 Å². The van der Waals surface area contributed by atoms with Crippen molar-refractivity contribution in [1.29, 1.82) is 0 Å². The van der Waals surface area contributed by atoms with Crippen molar-refractivity contribution in [1.82, 2.24) is 0 Å². The van der Waals surface area contributed by atoms with Gasteiger partial charge in [-0.3, -0.25) is 4.79 Å². The number of ether oxygens (including phenoxy) is 3. The lowest BCUT2D eigenvalue weighted by Crippen LogP contribution is -2.68. The van der Waals surface area contributed by atoms with E-state index in [4.69, 9.17) is 14.2 Å². The molecule has 0 aromatic rings. The second kappa shape index (κ2) is 3.10. The predicted octanol–water partition coefficient (Wildman–Crippen LogP) is 1.03. The number of esters is 1. The van der Waals surface area contributed by atoms with Crippen molar-refractivity contribution in [3.8, 4) is 0 Å². The molecule has 1 fully saturated rings. The maximum Gasteiger partial charge on any atom is 0.303 e. The van der Waals surface area contributed by atoms with E-state index in [1.807, 2.05) is 6.08 Å². The quantitative estimate of drug-likeness (QED) is 0.515. The zero-order valence-corrected chi connectivity index (χ0v) is 9.07. The molecule has 0 radical (unpaired) electrons. The largest absolute Gasteiger partial charge is 0.501 e. The Morgan fingerprint density at radius 3 is 2.67 bits per heavy atom. The van der Waals surface area contributed by atoms with Crippen molar-refractivity contribution < 1.29 is 19.0 Å². The van der Waals surface area contributed by atoms with E-state index >= 15 is 0 Å². The van der Waals surface area contributed by atoms with Crippen LogP contribution in [0.2, 0.25) is 0 Å². The Labute approximate surface area is 88.5 Å². The summed E-state index contributed by atoms with van der Waals surface area (Å²) in [7, 11) is 3.21. The molecule has 3 atom stereocenters. The van der Waals surface area contributed by atoms with Gasteiger partial charge in [0.05, 0.1) is 13.0 Å². The molecule has 4 heteroatoms. The van der Waals surface area contributed by atoms with Crippen molar-refractivity contribution in [2.45, 2.75) is 18.6 Å². The Morgan fingerprint density at radius 1 is 1.53 bits per heavy atom. The summed E-state index contributed by atoms with van der Waals surface area (Å²) in [5.41, 5.74) is 0.306. The van der Waals surface area contributed by atoms with Gasteiger partial charge in [-0.25, -0.2) is 0 Å². The molecule has 15 heavy (non-hydrogen) atoms. The second-order valence-corrected chi connectivity index (χ2v) is 3.81. The third-order valence-electron chi connectivity index (χ3n) is 3.09. The topological polar surface area (TPSA) is 44.8 Å². The summed E-state index contributed by atoms with van der Waals surface area (Å²) in [5.74, 6) is 0.553. The first-order valence-electron chi connectivity index (χ1n) is 4.74.